The Morgan fingerprint density at radius 3 is 2.81 bits per heavy atom. The van der Waals surface area contributed by atoms with Gasteiger partial charge in [0, 0.05) is 13.0 Å². The third-order valence-corrected chi connectivity index (χ3v) is 3.83. The van der Waals surface area contributed by atoms with Gasteiger partial charge < -0.3 is 9.64 Å². The molecule has 0 unspecified atom stereocenters. The number of fused-ring (bicyclic) bond motifs is 1. The van der Waals surface area contributed by atoms with Crippen LogP contribution < -0.4 is 4.74 Å². The first kappa shape index (κ1) is 13.9. The molecule has 1 aromatic rings. The number of carbonyl (C=O) groups excluding carboxylic acids is 1. The zero-order chi connectivity index (χ0) is 14.7. The molecule has 110 valence electrons. The van der Waals surface area contributed by atoms with E-state index in [1.54, 1.807) is 0 Å². The van der Waals surface area contributed by atoms with E-state index in [1.165, 1.54) is 6.42 Å². The molecule has 0 radical (unpaired) electrons. The van der Waals surface area contributed by atoms with Crippen LogP contribution in [-0.2, 0) is 4.79 Å². The molecule has 1 saturated heterocycles. The molecular weight excluding hydrogens is 264 g/mol. The minimum Gasteiger partial charge on any atom is -0.494 e. The highest BCUT2D eigenvalue weighted by atomic mass is 16.5. The molecule has 0 spiro atoms. The van der Waals surface area contributed by atoms with Crippen LogP contribution in [0.15, 0.2) is 35.0 Å². The van der Waals surface area contributed by atoms with Crippen molar-refractivity contribution in [1.29, 1.82) is 0 Å². The van der Waals surface area contributed by atoms with E-state index in [4.69, 9.17) is 4.74 Å². The van der Waals surface area contributed by atoms with Crippen LogP contribution in [0.3, 0.4) is 0 Å². The Bertz CT molecular complexity index is 587. The lowest BCUT2D eigenvalue weighted by atomic mass is 10.1. The van der Waals surface area contributed by atoms with Crippen LogP contribution in [0, 0.1) is 0 Å². The number of amidine groups is 1. The quantitative estimate of drug-likeness (QED) is 0.800. The maximum atomic E-state index is 12.1. The van der Waals surface area contributed by atoms with E-state index in [0.717, 1.165) is 43.0 Å². The van der Waals surface area contributed by atoms with E-state index in [1.807, 2.05) is 37.3 Å². The molecule has 2 aliphatic heterocycles. The largest absolute Gasteiger partial charge is 0.494 e. The third kappa shape index (κ3) is 2.99. The van der Waals surface area contributed by atoms with Crippen LogP contribution in [0.1, 0.15) is 38.2 Å². The van der Waals surface area contributed by atoms with Crippen molar-refractivity contribution in [3.63, 3.8) is 0 Å². The lowest BCUT2D eigenvalue weighted by molar-refractivity contribution is -0.114. The molecule has 1 amide bonds. The number of nitrogens with zero attached hydrogens (tertiary/aromatic N) is 2. The zero-order valence-corrected chi connectivity index (χ0v) is 12.3. The van der Waals surface area contributed by atoms with Crippen LogP contribution in [-0.4, -0.2) is 29.8 Å². The summed E-state index contributed by atoms with van der Waals surface area (Å²) >= 11 is 0. The van der Waals surface area contributed by atoms with Crippen molar-refractivity contribution in [3.8, 4) is 5.75 Å². The van der Waals surface area contributed by atoms with Gasteiger partial charge in [0.1, 0.15) is 17.3 Å². The summed E-state index contributed by atoms with van der Waals surface area (Å²) in [5.74, 6) is 1.68. The molecule has 1 aromatic carbocycles. The Labute approximate surface area is 125 Å². The fourth-order valence-corrected chi connectivity index (χ4v) is 2.78. The van der Waals surface area contributed by atoms with Gasteiger partial charge in [-0.15, -0.1) is 0 Å². The molecule has 4 nitrogen and oxygen atoms in total. The van der Waals surface area contributed by atoms with Gasteiger partial charge in [0.25, 0.3) is 5.91 Å². The molecule has 0 N–H and O–H groups in total. The monoisotopic (exact) mass is 284 g/mol. The molecule has 0 aliphatic carbocycles. The first-order valence-electron chi connectivity index (χ1n) is 7.62. The normalized spacial score (nSPS) is 20.2. The molecular formula is C17H20N2O2. The van der Waals surface area contributed by atoms with E-state index >= 15 is 0 Å². The van der Waals surface area contributed by atoms with Crippen molar-refractivity contribution < 1.29 is 9.53 Å². The number of hydrogen-bond donors (Lipinski definition) is 0. The standard InChI is InChI=1S/C17H20N2O2/c1-2-21-14-9-7-13(8-10-14)12-15-17(20)18-16-6-4-3-5-11-19(15)16/h7-10,12H,2-6,11H2,1H3. The topological polar surface area (TPSA) is 41.9 Å². The molecule has 2 heterocycles. The van der Waals surface area contributed by atoms with Crippen molar-refractivity contribution in [2.24, 2.45) is 4.99 Å². The summed E-state index contributed by atoms with van der Waals surface area (Å²) in [7, 11) is 0. The second kappa shape index (κ2) is 6.12. The second-order valence-electron chi connectivity index (χ2n) is 5.33. The summed E-state index contributed by atoms with van der Waals surface area (Å²) in [5.41, 5.74) is 1.71. The van der Waals surface area contributed by atoms with Crippen molar-refractivity contribution >= 4 is 17.8 Å². The molecule has 0 aromatic heterocycles. The van der Waals surface area contributed by atoms with E-state index in [-0.39, 0.29) is 5.91 Å². The van der Waals surface area contributed by atoms with Gasteiger partial charge in [-0.3, -0.25) is 4.79 Å². The van der Waals surface area contributed by atoms with E-state index < -0.39 is 0 Å². The molecule has 4 heteroatoms. The summed E-state index contributed by atoms with van der Waals surface area (Å²) in [6.45, 7) is 3.52. The minimum absolute atomic E-state index is 0.110. The van der Waals surface area contributed by atoms with Crippen molar-refractivity contribution in [1.82, 2.24) is 4.90 Å². The summed E-state index contributed by atoms with van der Waals surface area (Å²) in [6.07, 6.45) is 6.29. The number of carbonyl (C=O) groups is 1. The predicted molar refractivity (Wildman–Crippen MR) is 83.2 cm³/mol. The lowest BCUT2D eigenvalue weighted by Crippen LogP contribution is -2.26. The number of ether oxygens (including phenoxy) is 1. The summed E-state index contributed by atoms with van der Waals surface area (Å²) in [4.78, 5) is 18.4. The summed E-state index contributed by atoms with van der Waals surface area (Å²) in [5, 5.41) is 0. The zero-order valence-electron chi connectivity index (χ0n) is 12.3. The number of rotatable bonds is 3. The van der Waals surface area contributed by atoms with Crippen molar-refractivity contribution in [2.75, 3.05) is 13.2 Å². The second-order valence-corrected chi connectivity index (χ2v) is 5.33. The Kier molecular flexibility index (Phi) is 4.04. The summed E-state index contributed by atoms with van der Waals surface area (Å²) < 4.78 is 5.43. The van der Waals surface area contributed by atoms with Gasteiger partial charge in [0.05, 0.1) is 6.61 Å². The minimum atomic E-state index is -0.110. The van der Waals surface area contributed by atoms with E-state index in [9.17, 15) is 4.79 Å². The Morgan fingerprint density at radius 2 is 2.05 bits per heavy atom. The van der Waals surface area contributed by atoms with Gasteiger partial charge in [0.15, 0.2) is 0 Å². The fraction of sp³-hybridized carbons (Fsp3) is 0.412. The van der Waals surface area contributed by atoms with Crippen LogP contribution >= 0.6 is 0 Å². The molecule has 3 rings (SSSR count). The van der Waals surface area contributed by atoms with Crippen molar-refractivity contribution in [3.05, 3.63) is 35.5 Å². The SMILES string of the molecule is CCOc1ccc(C=C2C(=O)N=C3CCCCCN23)cc1. The van der Waals surface area contributed by atoms with Crippen molar-refractivity contribution in [2.45, 2.75) is 32.6 Å². The van der Waals surface area contributed by atoms with Gasteiger partial charge in [0.2, 0.25) is 0 Å². The number of hydrogen-bond acceptors (Lipinski definition) is 3. The third-order valence-electron chi connectivity index (χ3n) is 3.83. The number of aliphatic imine (C=N–C) groups is 1. The first-order valence-corrected chi connectivity index (χ1v) is 7.62. The molecule has 2 aliphatic rings. The number of benzene rings is 1. The van der Waals surface area contributed by atoms with Gasteiger partial charge in [-0.2, -0.15) is 4.99 Å². The Hall–Kier alpha value is -2.10. The highest BCUT2D eigenvalue weighted by Gasteiger charge is 2.29. The molecule has 0 atom stereocenters. The average Bonchev–Trinajstić information content (AvgIpc) is 2.66. The van der Waals surface area contributed by atoms with E-state index in [2.05, 4.69) is 9.89 Å². The molecule has 0 bridgehead atoms. The summed E-state index contributed by atoms with van der Waals surface area (Å²) in [6, 6.07) is 7.81. The molecule has 1 fully saturated rings. The number of amides is 1. The van der Waals surface area contributed by atoms with Gasteiger partial charge in [-0.25, -0.2) is 0 Å². The Morgan fingerprint density at radius 1 is 1.24 bits per heavy atom. The maximum absolute atomic E-state index is 12.1. The fourth-order valence-electron chi connectivity index (χ4n) is 2.78. The molecule has 0 saturated carbocycles. The van der Waals surface area contributed by atoms with Crippen LogP contribution in [0.5, 0.6) is 5.75 Å². The average molecular weight is 284 g/mol. The lowest BCUT2D eigenvalue weighted by Gasteiger charge is -2.18. The Balaban J connectivity index is 1.83. The van der Waals surface area contributed by atoms with Crippen LogP contribution in [0.25, 0.3) is 6.08 Å². The molecule has 21 heavy (non-hydrogen) atoms. The highest BCUT2D eigenvalue weighted by molar-refractivity contribution is 6.13. The van der Waals surface area contributed by atoms with E-state index in [0.29, 0.717) is 12.3 Å². The maximum Gasteiger partial charge on any atom is 0.295 e. The van der Waals surface area contributed by atoms with Crippen LogP contribution in [0.2, 0.25) is 0 Å². The van der Waals surface area contributed by atoms with Gasteiger partial charge in [-0.05, 0) is 43.5 Å². The predicted octanol–water partition coefficient (Wildman–Crippen LogP) is 3.24. The van der Waals surface area contributed by atoms with Crippen LogP contribution in [0.4, 0.5) is 0 Å². The first-order chi connectivity index (χ1) is 10.3. The van der Waals surface area contributed by atoms with Gasteiger partial charge >= 0.3 is 0 Å². The van der Waals surface area contributed by atoms with Gasteiger partial charge in [-0.1, -0.05) is 18.6 Å². The highest BCUT2D eigenvalue weighted by Crippen LogP contribution is 2.25. The smallest absolute Gasteiger partial charge is 0.295 e.